The van der Waals surface area contributed by atoms with Gasteiger partial charge < -0.3 is 19.3 Å². The van der Waals surface area contributed by atoms with E-state index >= 15 is 0 Å². The molecule has 1 aliphatic carbocycles. The van der Waals surface area contributed by atoms with Crippen LogP contribution in [0, 0.1) is 18.3 Å². The maximum atomic E-state index is 13.0. The van der Waals surface area contributed by atoms with Crippen molar-refractivity contribution in [3.8, 4) is 17.2 Å². The summed E-state index contributed by atoms with van der Waals surface area (Å²) in [6.45, 7) is 10.7. The van der Waals surface area contributed by atoms with E-state index in [-0.39, 0.29) is 24.3 Å². The van der Waals surface area contributed by atoms with Crippen molar-refractivity contribution in [3.63, 3.8) is 0 Å². The van der Waals surface area contributed by atoms with Crippen LogP contribution in [0.1, 0.15) is 47.3 Å². The van der Waals surface area contributed by atoms with Crippen LogP contribution >= 0.6 is 11.5 Å². The molecule has 2 saturated heterocycles. The van der Waals surface area contributed by atoms with Crippen molar-refractivity contribution in [1.29, 1.82) is 5.26 Å². The number of nitrogens with zero attached hydrogens (tertiary/aromatic N) is 9. The molecule has 0 atom stereocenters. The van der Waals surface area contributed by atoms with Gasteiger partial charge in [-0.25, -0.2) is 14.6 Å². The molecule has 1 amide bonds. The number of ether oxygens (including phenoxy) is 2. The van der Waals surface area contributed by atoms with Crippen LogP contribution in [-0.4, -0.2) is 114 Å². The van der Waals surface area contributed by atoms with E-state index in [0.29, 0.717) is 66.2 Å². The third-order valence-corrected chi connectivity index (χ3v) is 12.1. The summed E-state index contributed by atoms with van der Waals surface area (Å²) in [6.07, 6.45) is 2.21. The van der Waals surface area contributed by atoms with E-state index < -0.39 is 0 Å². The first-order chi connectivity index (χ1) is 28.4. The molecule has 5 aromatic rings. The molecule has 3 aliphatic rings. The van der Waals surface area contributed by atoms with Crippen molar-refractivity contribution in [1.82, 2.24) is 24.1 Å². The number of fused-ring (bicyclic) bond motifs is 1. The fourth-order valence-electron chi connectivity index (χ4n) is 7.77. The molecule has 0 N–H and O–H groups in total. The number of hydrogen-bond acceptors (Lipinski definition) is 13. The lowest BCUT2D eigenvalue weighted by molar-refractivity contribution is -0.00935. The lowest BCUT2D eigenvalue weighted by Crippen LogP contribution is -2.52. The number of aromatic nitrogens is 2. The molecule has 298 valence electrons. The Balaban J connectivity index is 0.703. The summed E-state index contributed by atoms with van der Waals surface area (Å²) in [4.78, 5) is 39.4. The summed E-state index contributed by atoms with van der Waals surface area (Å²) in [7, 11) is 0. The monoisotopic (exact) mass is 797 g/mol. The van der Waals surface area contributed by atoms with E-state index in [9.17, 15) is 14.9 Å². The van der Waals surface area contributed by atoms with Gasteiger partial charge in [0.25, 0.3) is 0 Å². The van der Waals surface area contributed by atoms with E-state index in [1.54, 1.807) is 13.0 Å². The normalized spacial score (nSPS) is 19.3. The third kappa shape index (κ3) is 9.50. The summed E-state index contributed by atoms with van der Waals surface area (Å²) in [5, 5.41) is 19.6. The highest BCUT2D eigenvalue weighted by atomic mass is 32.1. The highest BCUT2D eigenvalue weighted by Crippen LogP contribution is 2.33. The van der Waals surface area contributed by atoms with E-state index in [4.69, 9.17) is 9.47 Å². The number of aryl methyl sites for hydroxylation is 1. The Kier molecular flexibility index (Phi) is 12.3. The Bertz CT molecular complexity index is 2250. The molecule has 13 nitrogen and oxygen atoms in total. The van der Waals surface area contributed by atoms with Crippen LogP contribution in [0.15, 0.2) is 95.2 Å². The number of hydrogen-bond donors (Lipinski definition) is 0. The van der Waals surface area contributed by atoms with Gasteiger partial charge in [0.2, 0.25) is 0 Å². The van der Waals surface area contributed by atoms with Gasteiger partial charge in [-0.1, -0.05) is 42.5 Å². The van der Waals surface area contributed by atoms with Gasteiger partial charge in [-0.2, -0.15) is 9.64 Å². The average molecular weight is 798 g/mol. The summed E-state index contributed by atoms with van der Waals surface area (Å²) >= 11 is 1.23. The van der Waals surface area contributed by atoms with Gasteiger partial charge >= 0.3 is 12.1 Å². The maximum absolute atomic E-state index is 13.0. The van der Waals surface area contributed by atoms with Crippen molar-refractivity contribution in [2.45, 2.75) is 44.8 Å². The van der Waals surface area contributed by atoms with Gasteiger partial charge in [-0.3, -0.25) is 9.80 Å². The van der Waals surface area contributed by atoms with Crippen LogP contribution < -0.4 is 4.90 Å². The Morgan fingerprint density at radius 2 is 1.40 bits per heavy atom. The summed E-state index contributed by atoms with van der Waals surface area (Å²) in [5.74, 6) is -0.309. The van der Waals surface area contributed by atoms with Crippen LogP contribution in [0.5, 0.6) is 0 Å². The summed E-state index contributed by atoms with van der Waals surface area (Å²) in [5.41, 5.74) is 6.39. The number of carbonyl (C=O) groups is 2. The van der Waals surface area contributed by atoms with Crippen LogP contribution in [0.2, 0.25) is 0 Å². The SMILES string of the molecule is Cc1nc2nsc(N=Nc3ccc(N4CCN(CCN5CCN(C(=O)OC6CCC(OC(=O)c7ccc(-c8ccccc8)cc7)CC6)CC5)CC4)cc3)c2cc1C#N. The molecule has 0 spiro atoms. The standard InChI is InChI=1S/C44H47N9O4S/c1-31-35(30-45)29-40-41(46-31)49-58-42(40)48-47-36-11-13-37(14-12-36)52-25-21-50(22-26-52)19-20-51-23-27-53(28-24-51)44(55)57-39-17-15-38(16-18-39)56-43(54)34-9-7-33(8-10-34)32-5-3-2-4-6-32/h2-14,29,38-39H,15-28H2,1H3. The molecule has 0 radical (unpaired) electrons. The van der Waals surface area contributed by atoms with Gasteiger partial charge in [-0.15, -0.1) is 10.2 Å². The molecule has 3 aromatic carbocycles. The number of piperazine rings is 2. The van der Waals surface area contributed by atoms with E-state index in [0.717, 1.165) is 74.6 Å². The van der Waals surface area contributed by atoms with Crippen LogP contribution in [-0.2, 0) is 9.47 Å². The van der Waals surface area contributed by atoms with Gasteiger partial charge in [-0.05, 0) is 97.7 Å². The molecule has 8 rings (SSSR count). The minimum absolute atomic E-state index is 0.147. The summed E-state index contributed by atoms with van der Waals surface area (Å²) < 4.78 is 16.1. The topological polar surface area (TPSA) is 140 Å². The third-order valence-electron chi connectivity index (χ3n) is 11.4. The van der Waals surface area contributed by atoms with Crippen molar-refractivity contribution in [2.75, 3.05) is 70.3 Å². The van der Waals surface area contributed by atoms with E-state index in [1.165, 1.54) is 17.2 Å². The summed E-state index contributed by atoms with van der Waals surface area (Å²) in [6, 6.07) is 29.7. The first kappa shape index (κ1) is 39.1. The van der Waals surface area contributed by atoms with Crippen molar-refractivity contribution >= 4 is 51.0 Å². The molecule has 4 heterocycles. The van der Waals surface area contributed by atoms with Crippen molar-refractivity contribution in [2.24, 2.45) is 10.2 Å². The second kappa shape index (κ2) is 18.2. The average Bonchev–Trinajstić information content (AvgIpc) is 3.67. The van der Waals surface area contributed by atoms with E-state index in [2.05, 4.69) is 52.5 Å². The Morgan fingerprint density at radius 1 is 0.776 bits per heavy atom. The maximum Gasteiger partial charge on any atom is 0.410 e. The number of carbonyl (C=O) groups excluding carboxylic acids is 2. The molecule has 14 heteroatoms. The van der Waals surface area contributed by atoms with Crippen LogP contribution in [0.3, 0.4) is 0 Å². The second-order valence-electron chi connectivity index (χ2n) is 15.1. The number of esters is 1. The molecule has 0 unspecified atom stereocenters. The van der Waals surface area contributed by atoms with Crippen LogP contribution in [0.4, 0.5) is 21.2 Å². The predicted molar refractivity (Wildman–Crippen MR) is 224 cm³/mol. The van der Waals surface area contributed by atoms with Gasteiger partial charge in [0, 0.05) is 71.1 Å². The van der Waals surface area contributed by atoms with Gasteiger partial charge in [0.05, 0.1) is 27.9 Å². The quantitative estimate of drug-likeness (QED) is 0.101. The largest absolute Gasteiger partial charge is 0.459 e. The second-order valence-corrected chi connectivity index (χ2v) is 15.8. The zero-order valence-electron chi connectivity index (χ0n) is 32.7. The van der Waals surface area contributed by atoms with Crippen molar-refractivity contribution < 1.29 is 19.1 Å². The first-order valence-electron chi connectivity index (χ1n) is 20.1. The molecular formula is C44H47N9O4S. The zero-order valence-corrected chi connectivity index (χ0v) is 33.5. The number of pyridine rings is 1. The fraction of sp³-hybridized carbons (Fsp3) is 0.386. The molecule has 58 heavy (non-hydrogen) atoms. The number of azo groups is 1. The Morgan fingerprint density at radius 3 is 2.05 bits per heavy atom. The molecule has 3 fully saturated rings. The highest BCUT2D eigenvalue weighted by Gasteiger charge is 2.30. The number of amides is 1. The number of rotatable bonds is 10. The van der Waals surface area contributed by atoms with Gasteiger partial charge in [0.15, 0.2) is 10.6 Å². The highest BCUT2D eigenvalue weighted by molar-refractivity contribution is 7.11. The lowest BCUT2D eigenvalue weighted by Gasteiger charge is -2.39. The minimum Gasteiger partial charge on any atom is -0.459 e. The molecule has 0 bridgehead atoms. The smallest absolute Gasteiger partial charge is 0.410 e. The zero-order chi connectivity index (χ0) is 39.8. The fourth-order valence-corrected chi connectivity index (χ4v) is 8.41. The minimum atomic E-state index is -0.309. The van der Waals surface area contributed by atoms with E-state index in [1.807, 2.05) is 71.6 Å². The molecule has 2 aromatic heterocycles. The molecule has 1 saturated carbocycles. The number of benzene rings is 3. The van der Waals surface area contributed by atoms with Gasteiger partial charge in [0.1, 0.15) is 18.3 Å². The first-order valence-corrected chi connectivity index (χ1v) is 20.9. The number of nitriles is 1. The Hall–Kier alpha value is -5.75. The molecule has 2 aliphatic heterocycles. The van der Waals surface area contributed by atoms with Crippen molar-refractivity contribution in [3.05, 3.63) is 102 Å². The predicted octanol–water partition coefficient (Wildman–Crippen LogP) is 8.00. The molecular weight excluding hydrogens is 751 g/mol. The Labute approximate surface area is 342 Å². The number of anilines is 1. The lowest BCUT2D eigenvalue weighted by atomic mass is 9.95. The van der Waals surface area contributed by atoms with Crippen LogP contribution in [0.25, 0.3) is 22.2 Å².